The van der Waals surface area contributed by atoms with E-state index in [2.05, 4.69) is 26.0 Å². The number of nitrogens with two attached hydrogens (primary N) is 1. The molecule has 0 unspecified atom stereocenters. The first-order valence-electron chi connectivity index (χ1n) is 5.02. The van der Waals surface area contributed by atoms with Gasteiger partial charge in [-0.3, -0.25) is 0 Å². The lowest BCUT2D eigenvalue weighted by atomic mass is 10.0. The molecule has 0 saturated carbocycles. The first kappa shape index (κ1) is 12.0. The van der Waals surface area contributed by atoms with Crippen LogP contribution in [0.1, 0.15) is 30.9 Å². The molecular weight excluding hydrogens is 206 g/mol. The fourth-order valence-corrected chi connectivity index (χ4v) is 1.45. The Bertz CT molecular complexity index is 361. The van der Waals surface area contributed by atoms with Gasteiger partial charge >= 0.3 is 0 Å². The Morgan fingerprint density at radius 2 is 2.13 bits per heavy atom. The lowest BCUT2D eigenvalue weighted by molar-refractivity contribution is 0.371. The van der Waals surface area contributed by atoms with Gasteiger partial charge in [-0.25, -0.2) is 0 Å². The average Bonchev–Trinajstić information content (AvgIpc) is 2.14. The fourth-order valence-electron chi connectivity index (χ4n) is 1.39. The van der Waals surface area contributed by atoms with Crippen LogP contribution >= 0.6 is 12.2 Å². The molecule has 15 heavy (non-hydrogen) atoms. The van der Waals surface area contributed by atoms with Crippen molar-refractivity contribution >= 4 is 17.2 Å². The summed E-state index contributed by atoms with van der Waals surface area (Å²) < 4.78 is 5.57. The van der Waals surface area contributed by atoms with E-state index in [0.29, 0.717) is 17.5 Å². The molecule has 2 N–H and O–H groups in total. The maximum Gasteiger partial charge on any atom is 0.138 e. The number of ether oxygens (including phenoxy) is 1. The molecule has 3 heteroatoms. The standard InChI is InChI=1S/C12H17NOS/c1-8(2)10-5-4-9(3)6-11(10)14-7-12(13)15/h4-6,8H,7H2,1-3H3,(H2,13,15). The van der Waals surface area contributed by atoms with E-state index < -0.39 is 0 Å². The predicted octanol–water partition coefficient (Wildman–Crippen LogP) is 2.78. The van der Waals surface area contributed by atoms with Gasteiger partial charge in [-0.2, -0.15) is 0 Å². The molecule has 1 aromatic rings. The molecule has 1 rings (SSSR count). The Balaban J connectivity index is 2.91. The molecule has 0 spiro atoms. The Labute approximate surface area is 96.4 Å². The number of rotatable bonds is 4. The zero-order chi connectivity index (χ0) is 11.4. The number of aryl methyl sites for hydroxylation is 1. The number of thiocarbonyl (C=S) groups is 1. The van der Waals surface area contributed by atoms with Gasteiger partial charge in [-0.15, -0.1) is 0 Å². The van der Waals surface area contributed by atoms with E-state index in [1.165, 1.54) is 11.1 Å². The van der Waals surface area contributed by atoms with E-state index in [4.69, 9.17) is 22.7 Å². The summed E-state index contributed by atoms with van der Waals surface area (Å²) in [4.78, 5) is 0.381. The lowest BCUT2D eigenvalue weighted by Gasteiger charge is -2.14. The Kier molecular flexibility index (Phi) is 4.09. The van der Waals surface area contributed by atoms with E-state index >= 15 is 0 Å². The minimum Gasteiger partial charge on any atom is -0.486 e. The number of hydrogen-bond donors (Lipinski definition) is 1. The van der Waals surface area contributed by atoms with E-state index in [-0.39, 0.29) is 0 Å². The summed E-state index contributed by atoms with van der Waals surface area (Å²) in [5.41, 5.74) is 7.78. The van der Waals surface area contributed by atoms with E-state index in [1.54, 1.807) is 0 Å². The smallest absolute Gasteiger partial charge is 0.138 e. The maximum absolute atomic E-state index is 5.57. The molecule has 0 aliphatic rings. The van der Waals surface area contributed by atoms with Crippen molar-refractivity contribution < 1.29 is 4.74 Å². The zero-order valence-corrected chi connectivity index (χ0v) is 10.2. The number of benzene rings is 1. The van der Waals surface area contributed by atoms with Crippen molar-refractivity contribution in [2.75, 3.05) is 6.61 Å². The van der Waals surface area contributed by atoms with Crippen molar-refractivity contribution in [3.63, 3.8) is 0 Å². The van der Waals surface area contributed by atoms with Crippen molar-refractivity contribution in [3.8, 4) is 5.75 Å². The molecule has 2 nitrogen and oxygen atoms in total. The van der Waals surface area contributed by atoms with Crippen molar-refractivity contribution in [3.05, 3.63) is 29.3 Å². The lowest BCUT2D eigenvalue weighted by Crippen LogP contribution is -2.18. The summed E-state index contributed by atoms with van der Waals surface area (Å²) in [6.45, 7) is 6.62. The summed E-state index contributed by atoms with van der Waals surface area (Å²) >= 11 is 4.79. The molecule has 0 heterocycles. The van der Waals surface area contributed by atoms with Crippen LogP contribution in [0.15, 0.2) is 18.2 Å². The van der Waals surface area contributed by atoms with Crippen LogP contribution in [-0.2, 0) is 0 Å². The Morgan fingerprint density at radius 3 is 2.67 bits per heavy atom. The Morgan fingerprint density at radius 1 is 1.47 bits per heavy atom. The second-order valence-corrected chi connectivity index (χ2v) is 4.48. The van der Waals surface area contributed by atoms with Gasteiger partial charge in [-0.05, 0) is 30.0 Å². The molecule has 0 aliphatic heterocycles. The molecule has 1 aromatic carbocycles. The second kappa shape index (κ2) is 5.12. The molecule has 0 amide bonds. The van der Waals surface area contributed by atoms with Crippen LogP contribution in [0.5, 0.6) is 5.75 Å². The summed E-state index contributed by atoms with van der Waals surface area (Å²) in [5, 5.41) is 0. The minimum atomic E-state index is 0.304. The second-order valence-electron chi connectivity index (χ2n) is 3.95. The number of hydrogen-bond acceptors (Lipinski definition) is 2. The first-order valence-corrected chi connectivity index (χ1v) is 5.43. The third-order valence-electron chi connectivity index (χ3n) is 2.16. The molecular formula is C12H17NOS. The van der Waals surface area contributed by atoms with Crippen LogP contribution < -0.4 is 10.5 Å². The fraction of sp³-hybridized carbons (Fsp3) is 0.417. The van der Waals surface area contributed by atoms with Crippen molar-refractivity contribution in [1.29, 1.82) is 0 Å². The third kappa shape index (κ3) is 3.51. The molecule has 0 aliphatic carbocycles. The maximum atomic E-state index is 5.57. The average molecular weight is 223 g/mol. The molecule has 0 bridgehead atoms. The van der Waals surface area contributed by atoms with Crippen LogP contribution in [0, 0.1) is 6.92 Å². The van der Waals surface area contributed by atoms with Crippen molar-refractivity contribution in [2.45, 2.75) is 26.7 Å². The molecule has 0 atom stereocenters. The highest BCUT2D eigenvalue weighted by Gasteiger charge is 2.08. The third-order valence-corrected chi connectivity index (χ3v) is 2.28. The summed E-state index contributed by atoms with van der Waals surface area (Å²) in [6, 6.07) is 6.20. The van der Waals surface area contributed by atoms with E-state index in [0.717, 1.165) is 5.75 Å². The molecule has 82 valence electrons. The van der Waals surface area contributed by atoms with Gasteiger partial charge in [0.1, 0.15) is 17.3 Å². The monoisotopic (exact) mass is 223 g/mol. The highest BCUT2D eigenvalue weighted by atomic mass is 32.1. The van der Waals surface area contributed by atoms with Crippen LogP contribution in [0.3, 0.4) is 0 Å². The quantitative estimate of drug-likeness (QED) is 0.797. The van der Waals surface area contributed by atoms with Gasteiger partial charge in [0.05, 0.1) is 0 Å². The first-order chi connectivity index (χ1) is 7.00. The highest BCUT2D eigenvalue weighted by Crippen LogP contribution is 2.27. The van der Waals surface area contributed by atoms with Crippen LogP contribution in [0.25, 0.3) is 0 Å². The largest absolute Gasteiger partial charge is 0.486 e. The van der Waals surface area contributed by atoms with Gasteiger partial charge in [0, 0.05) is 0 Å². The van der Waals surface area contributed by atoms with Gasteiger partial charge in [-0.1, -0.05) is 38.2 Å². The van der Waals surface area contributed by atoms with Crippen molar-refractivity contribution in [2.24, 2.45) is 5.73 Å². The summed E-state index contributed by atoms with van der Waals surface area (Å²) in [7, 11) is 0. The van der Waals surface area contributed by atoms with E-state index in [1.807, 2.05) is 13.0 Å². The van der Waals surface area contributed by atoms with Crippen LogP contribution in [-0.4, -0.2) is 11.6 Å². The molecule has 0 saturated heterocycles. The van der Waals surface area contributed by atoms with Gasteiger partial charge in [0.2, 0.25) is 0 Å². The van der Waals surface area contributed by atoms with E-state index in [9.17, 15) is 0 Å². The predicted molar refractivity (Wildman–Crippen MR) is 67.5 cm³/mol. The molecule has 0 aromatic heterocycles. The normalized spacial score (nSPS) is 10.4. The molecule has 0 fully saturated rings. The topological polar surface area (TPSA) is 35.2 Å². The summed E-state index contributed by atoms with van der Waals surface area (Å²) in [6.07, 6.45) is 0. The van der Waals surface area contributed by atoms with Crippen LogP contribution in [0.2, 0.25) is 0 Å². The zero-order valence-electron chi connectivity index (χ0n) is 9.41. The molecule has 0 radical (unpaired) electrons. The van der Waals surface area contributed by atoms with Gasteiger partial charge in [0.25, 0.3) is 0 Å². The Hall–Kier alpha value is -1.09. The summed E-state index contributed by atoms with van der Waals surface area (Å²) in [5.74, 6) is 1.32. The van der Waals surface area contributed by atoms with Gasteiger partial charge < -0.3 is 10.5 Å². The van der Waals surface area contributed by atoms with Crippen LogP contribution in [0.4, 0.5) is 0 Å². The SMILES string of the molecule is Cc1ccc(C(C)C)c(OCC(N)=S)c1. The van der Waals surface area contributed by atoms with Gasteiger partial charge in [0.15, 0.2) is 0 Å². The minimum absolute atomic E-state index is 0.304. The van der Waals surface area contributed by atoms with Crippen molar-refractivity contribution in [1.82, 2.24) is 0 Å². The highest BCUT2D eigenvalue weighted by molar-refractivity contribution is 7.80.